The highest BCUT2D eigenvalue weighted by Crippen LogP contribution is 2.26. The predicted octanol–water partition coefficient (Wildman–Crippen LogP) is 2.12. The molecule has 86 valence electrons. The van der Waals surface area contributed by atoms with Crippen molar-refractivity contribution in [2.24, 2.45) is 11.8 Å². The number of phenols is 1. The van der Waals surface area contributed by atoms with Gasteiger partial charge in [0, 0.05) is 13.1 Å². The highest BCUT2D eigenvalue weighted by Gasteiger charge is 2.30. The average Bonchev–Trinajstić information content (AvgIpc) is 2.59. The van der Waals surface area contributed by atoms with Crippen LogP contribution in [0.25, 0.3) is 0 Å². The molecule has 0 radical (unpaired) electrons. The van der Waals surface area contributed by atoms with Gasteiger partial charge >= 0.3 is 0 Å². The molecule has 1 fully saturated rings. The van der Waals surface area contributed by atoms with E-state index in [1.54, 1.807) is 24.3 Å². The van der Waals surface area contributed by atoms with Gasteiger partial charge in [0.05, 0.1) is 5.56 Å². The van der Waals surface area contributed by atoms with Crippen LogP contribution >= 0.6 is 0 Å². The number of nitrogens with zero attached hydrogens (tertiary/aromatic N) is 1. The van der Waals surface area contributed by atoms with Gasteiger partial charge in [-0.2, -0.15) is 0 Å². The van der Waals surface area contributed by atoms with Crippen molar-refractivity contribution in [1.29, 1.82) is 0 Å². The van der Waals surface area contributed by atoms with Crippen LogP contribution in [-0.2, 0) is 0 Å². The number of likely N-dealkylation sites (tertiary alicyclic amines) is 1. The van der Waals surface area contributed by atoms with Crippen LogP contribution in [0.15, 0.2) is 24.3 Å². The summed E-state index contributed by atoms with van der Waals surface area (Å²) in [5.74, 6) is 1.08. The molecule has 3 heteroatoms. The standard InChI is InChI=1S/C13H17NO2/c1-9-7-14(8-10(9)2)13(16)11-5-3-4-6-12(11)15/h3-6,9-10,15H,7-8H2,1-2H3. The number of benzene rings is 1. The zero-order chi connectivity index (χ0) is 11.7. The van der Waals surface area contributed by atoms with Crippen LogP contribution in [0.5, 0.6) is 5.75 Å². The van der Waals surface area contributed by atoms with E-state index in [0.717, 1.165) is 13.1 Å². The molecule has 1 N–H and O–H groups in total. The summed E-state index contributed by atoms with van der Waals surface area (Å²) in [6.45, 7) is 5.88. The second-order valence-corrected chi connectivity index (χ2v) is 4.68. The van der Waals surface area contributed by atoms with Gasteiger partial charge in [-0.05, 0) is 24.0 Å². The van der Waals surface area contributed by atoms with E-state index >= 15 is 0 Å². The zero-order valence-electron chi connectivity index (χ0n) is 9.68. The van der Waals surface area contributed by atoms with Gasteiger partial charge in [0.15, 0.2) is 0 Å². The lowest BCUT2D eigenvalue weighted by atomic mass is 10.0. The number of hydrogen-bond acceptors (Lipinski definition) is 2. The Labute approximate surface area is 95.7 Å². The summed E-state index contributed by atoms with van der Waals surface area (Å²) in [4.78, 5) is 13.9. The van der Waals surface area contributed by atoms with Gasteiger partial charge in [0.1, 0.15) is 5.75 Å². The van der Waals surface area contributed by atoms with E-state index in [1.807, 2.05) is 4.90 Å². The van der Waals surface area contributed by atoms with Crippen molar-refractivity contribution in [3.05, 3.63) is 29.8 Å². The van der Waals surface area contributed by atoms with Crippen molar-refractivity contribution in [3.8, 4) is 5.75 Å². The number of aromatic hydroxyl groups is 1. The summed E-state index contributed by atoms with van der Waals surface area (Å²) < 4.78 is 0. The molecule has 16 heavy (non-hydrogen) atoms. The fourth-order valence-electron chi connectivity index (χ4n) is 2.12. The first-order valence-electron chi connectivity index (χ1n) is 5.67. The van der Waals surface area contributed by atoms with Crippen molar-refractivity contribution in [2.45, 2.75) is 13.8 Å². The minimum absolute atomic E-state index is 0.0608. The Bertz CT molecular complexity index is 393. The summed E-state index contributed by atoms with van der Waals surface area (Å²) >= 11 is 0. The highest BCUT2D eigenvalue weighted by molar-refractivity contribution is 5.96. The molecular formula is C13H17NO2. The second-order valence-electron chi connectivity index (χ2n) is 4.68. The van der Waals surface area contributed by atoms with Crippen molar-refractivity contribution in [2.75, 3.05) is 13.1 Å². The van der Waals surface area contributed by atoms with Gasteiger partial charge in [0.25, 0.3) is 5.91 Å². The quantitative estimate of drug-likeness (QED) is 0.786. The summed E-state index contributed by atoms with van der Waals surface area (Å²) in [7, 11) is 0. The van der Waals surface area contributed by atoms with Gasteiger partial charge in [-0.25, -0.2) is 0 Å². The molecule has 1 amide bonds. The number of amides is 1. The van der Waals surface area contributed by atoms with Gasteiger partial charge < -0.3 is 10.0 Å². The first-order chi connectivity index (χ1) is 7.59. The molecule has 1 aliphatic rings. The van der Waals surface area contributed by atoms with Crippen LogP contribution in [0.3, 0.4) is 0 Å². The number of hydrogen-bond donors (Lipinski definition) is 1. The molecule has 2 unspecified atom stereocenters. The van der Waals surface area contributed by atoms with E-state index in [-0.39, 0.29) is 11.7 Å². The number of carbonyl (C=O) groups excluding carboxylic acids is 1. The average molecular weight is 219 g/mol. The normalized spacial score (nSPS) is 24.8. The Kier molecular flexibility index (Phi) is 2.86. The van der Waals surface area contributed by atoms with Crippen LogP contribution in [0, 0.1) is 11.8 Å². The van der Waals surface area contributed by atoms with Gasteiger partial charge in [-0.3, -0.25) is 4.79 Å². The van der Waals surface area contributed by atoms with Crippen molar-refractivity contribution in [3.63, 3.8) is 0 Å². The molecule has 2 rings (SSSR count). The lowest BCUT2D eigenvalue weighted by Gasteiger charge is -2.16. The Morgan fingerprint density at radius 2 is 1.81 bits per heavy atom. The molecule has 1 saturated heterocycles. The third kappa shape index (κ3) is 1.90. The van der Waals surface area contributed by atoms with Crippen molar-refractivity contribution < 1.29 is 9.90 Å². The Morgan fingerprint density at radius 3 is 2.38 bits per heavy atom. The SMILES string of the molecule is CC1CN(C(=O)c2ccccc2O)CC1C. The van der Waals surface area contributed by atoms with Crippen molar-refractivity contribution >= 4 is 5.91 Å². The summed E-state index contributed by atoms with van der Waals surface area (Å²) in [6, 6.07) is 6.72. The van der Waals surface area contributed by atoms with Gasteiger partial charge in [-0.1, -0.05) is 26.0 Å². The molecule has 0 saturated carbocycles. The van der Waals surface area contributed by atoms with Crippen LogP contribution in [0.2, 0.25) is 0 Å². The molecule has 0 aromatic heterocycles. The molecule has 3 nitrogen and oxygen atoms in total. The smallest absolute Gasteiger partial charge is 0.257 e. The fourth-order valence-corrected chi connectivity index (χ4v) is 2.12. The lowest BCUT2D eigenvalue weighted by Crippen LogP contribution is -2.28. The van der Waals surface area contributed by atoms with E-state index < -0.39 is 0 Å². The molecule has 1 aliphatic heterocycles. The maximum atomic E-state index is 12.1. The number of carbonyl (C=O) groups is 1. The van der Waals surface area contributed by atoms with Gasteiger partial charge in [0.2, 0.25) is 0 Å². The molecule has 0 bridgehead atoms. The van der Waals surface area contributed by atoms with E-state index in [4.69, 9.17) is 0 Å². The minimum Gasteiger partial charge on any atom is -0.507 e. The predicted molar refractivity (Wildman–Crippen MR) is 62.3 cm³/mol. The first kappa shape index (κ1) is 11.0. The summed E-state index contributed by atoms with van der Waals surface area (Å²) in [6.07, 6.45) is 0. The van der Waals surface area contributed by atoms with Crippen molar-refractivity contribution in [1.82, 2.24) is 4.90 Å². The first-order valence-corrected chi connectivity index (χ1v) is 5.67. The van der Waals surface area contributed by atoms with Crippen LogP contribution in [0.4, 0.5) is 0 Å². The second kappa shape index (κ2) is 4.16. The number of phenolic OH excluding ortho intramolecular Hbond substituents is 1. The number of rotatable bonds is 1. The Balaban J connectivity index is 2.18. The lowest BCUT2D eigenvalue weighted by molar-refractivity contribution is 0.0782. The van der Waals surface area contributed by atoms with Gasteiger partial charge in [-0.15, -0.1) is 0 Å². The highest BCUT2D eigenvalue weighted by atomic mass is 16.3. The Hall–Kier alpha value is -1.51. The van der Waals surface area contributed by atoms with Crippen LogP contribution < -0.4 is 0 Å². The third-order valence-corrected chi connectivity index (χ3v) is 3.41. The molecule has 0 spiro atoms. The number of para-hydroxylation sites is 1. The monoisotopic (exact) mass is 219 g/mol. The minimum atomic E-state index is -0.0608. The molecule has 0 aliphatic carbocycles. The topological polar surface area (TPSA) is 40.5 Å². The van der Waals surface area contributed by atoms with E-state index in [9.17, 15) is 9.90 Å². The molecule has 1 aromatic rings. The molecule has 1 heterocycles. The van der Waals surface area contributed by atoms with E-state index in [1.165, 1.54) is 0 Å². The summed E-state index contributed by atoms with van der Waals surface area (Å²) in [5.41, 5.74) is 0.406. The zero-order valence-corrected chi connectivity index (χ0v) is 9.68. The maximum Gasteiger partial charge on any atom is 0.257 e. The molecular weight excluding hydrogens is 202 g/mol. The van der Waals surface area contributed by atoms with E-state index in [0.29, 0.717) is 17.4 Å². The Morgan fingerprint density at radius 1 is 1.25 bits per heavy atom. The van der Waals surface area contributed by atoms with Crippen LogP contribution in [0.1, 0.15) is 24.2 Å². The molecule has 2 atom stereocenters. The largest absolute Gasteiger partial charge is 0.507 e. The molecule has 1 aromatic carbocycles. The third-order valence-electron chi connectivity index (χ3n) is 3.41. The summed E-state index contributed by atoms with van der Waals surface area (Å²) in [5, 5.41) is 9.63. The van der Waals surface area contributed by atoms with Crippen LogP contribution in [-0.4, -0.2) is 29.0 Å². The maximum absolute atomic E-state index is 12.1. The fraction of sp³-hybridized carbons (Fsp3) is 0.462. The van der Waals surface area contributed by atoms with E-state index in [2.05, 4.69) is 13.8 Å².